The summed E-state index contributed by atoms with van der Waals surface area (Å²) in [4.78, 5) is 15.7. The number of aliphatic hydroxyl groups excluding tert-OH is 1. The first-order valence-corrected chi connectivity index (χ1v) is 9.16. The highest BCUT2D eigenvalue weighted by Crippen LogP contribution is 2.28. The molecular formula is C18H23N3O2S. The molecule has 0 bridgehead atoms. The maximum atomic E-state index is 11.9. The fraction of sp³-hybridized carbons (Fsp3) is 0.389. The zero-order chi connectivity index (χ0) is 16.9. The van der Waals surface area contributed by atoms with Gasteiger partial charge in [-0.2, -0.15) is 0 Å². The van der Waals surface area contributed by atoms with Crippen LogP contribution in [0.1, 0.15) is 23.8 Å². The van der Waals surface area contributed by atoms with Crippen molar-refractivity contribution in [3.05, 3.63) is 46.2 Å². The van der Waals surface area contributed by atoms with Crippen molar-refractivity contribution in [1.29, 1.82) is 0 Å². The van der Waals surface area contributed by atoms with Crippen molar-refractivity contribution in [2.24, 2.45) is 0 Å². The van der Waals surface area contributed by atoms with Gasteiger partial charge in [0.1, 0.15) is 0 Å². The van der Waals surface area contributed by atoms with E-state index >= 15 is 0 Å². The minimum absolute atomic E-state index is 0.0532. The fourth-order valence-corrected chi connectivity index (χ4v) is 3.74. The Hall–Kier alpha value is -2.05. The van der Waals surface area contributed by atoms with E-state index < -0.39 is 0 Å². The first-order chi connectivity index (χ1) is 11.7. The number of aliphatic hydroxyl groups is 1. The van der Waals surface area contributed by atoms with Gasteiger partial charge in [0.05, 0.1) is 12.6 Å². The molecule has 0 spiro atoms. The Morgan fingerprint density at radius 3 is 2.83 bits per heavy atom. The van der Waals surface area contributed by atoms with Gasteiger partial charge in [-0.15, -0.1) is 11.3 Å². The average Bonchev–Trinajstić information content (AvgIpc) is 3.08. The second-order valence-electron chi connectivity index (χ2n) is 5.97. The van der Waals surface area contributed by atoms with Crippen LogP contribution in [0.4, 0.5) is 16.2 Å². The lowest BCUT2D eigenvalue weighted by molar-refractivity contribution is 0.222. The number of urea groups is 1. The fourth-order valence-electron chi connectivity index (χ4n) is 2.85. The molecule has 3 rings (SSSR count). The van der Waals surface area contributed by atoms with E-state index in [1.54, 1.807) is 0 Å². The topological polar surface area (TPSA) is 64.6 Å². The van der Waals surface area contributed by atoms with E-state index in [1.807, 2.05) is 42.5 Å². The Morgan fingerprint density at radius 1 is 1.33 bits per heavy atom. The van der Waals surface area contributed by atoms with Gasteiger partial charge in [0.2, 0.25) is 0 Å². The van der Waals surface area contributed by atoms with Crippen molar-refractivity contribution in [3.8, 4) is 0 Å². The van der Waals surface area contributed by atoms with Gasteiger partial charge in [0, 0.05) is 29.3 Å². The number of nitrogens with one attached hydrogen (secondary N) is 2. The van der Waals surface area contributed by atoms with E-state index in [0.29, 0.717) is 6.42 Å². The Bertz CT molecular complexity index is 680. The lowest BCUT2D eigenvalue weighted by atomic mass is 10.1. The van der Waals surface area contributed by atoms with E-state index in [9.17, 15) is 4.79 Å². The number of anilines is 2. The predicted octanol–water partition coefficient (Wildman–Crippen LogP) is 3.20. The predicted molar refractivity (Wildman–Crippen MR) is 98.8 cm³/mol. The van der Waals surface area contributed by atoms with E-state index in [2.05, 4.69) is 27.0 Å². The first kappa shape index (κ1) is 16.8. The monoisotopic (exact) mass is 345 g/mol. The number of carbonyl (C=O) groups is 1. The molecular weight excluding hydrogens is 322 g/mol. The Kier molecular flexibility index (Phi) is 5.37. The molecule has 0 saturated carbocycles. The van der Waals surface area contributed by atoms with E-state index in [0.717, 1.165) is 25.2 Å². The third-order valence-corrected chi connectivity index (χ3v) is 5.37. The van der Waals surface area contributed by atoms with Gasteiger partial charge in [-0.1, -0.05) is 6.92 Å². The summed E-state index contributed by atoms with van der Waals surface area (Å²) in [5.41, 5.74) is 3.33. The summed E-state index contributed by atoms with van der Waals surface area (Å²) in [6.45, 7) is 3.84. The van der Waals surface area contributed by atoms with Crippen LogP contribution >= 0.6 is 11.3 Å². The van der Waals surface area contributed by atoms with Crippen molar-refractivity contribution >= 4 is 28.7 Å². The molecule has 0 aliphatic carbocycles. The maximum Gasteiger partial charge on any atom is 0.319 e. The van der Waals surface area contributed by atoms with E-state index in [1.165, 1.54) is 16.1 Å². The lowest BCUT2D eigenvalue weighted by Crippen LogP contribution is -2.39. The molecule has 24 heavy (non-hydrogen) atoms. The van der Waals surface area contributed by atoms with Gasteiger partial charge >= 0.3 is 6.03 Å². The van der Waals surface area contributed by atoms with Crippen molar-refractivity contribution in [2.45, 2.75) is 32.4 Å². The van der Waals surface area contributed by atoms with Crippen LogP contribution < -0.4 is 15.5 Å². The van der Waals surface area contributed by atoms with Crippen LogP contribution in [0, 0.1) is 0 Å². The molecule has 1 unspecified atom stereocenters. The van der Waals surface area contributed by atoms with Gasteiger partial charge in [-0.05, 0) is 54.1 Å². The summed E-state index contributed by atoms with van der Waals surface area (Å²) in [5.74, 6) is 0. The molecule has 128 valence electrons. The van der Waals surface area contributed by atoms with E-state index in [-0.39, 0.29) is 18.7 Å². The molecule has 0 radical (unpaired) electrons. The third kappa shape index (κ3) is 3.88. The van der Waals surface area contributed by atoms with Crippen LogP contribution in [0.2, 0.25) is 0 Å². The number of thiophene rings is 1. The molecule has 0 saturated heterocycles. The highest BCUT2D eigenvalue weighted by molar-refractivity contribution is 7.10. The van der Waals surface area contributed by atoms with Crippen LogP contribution in [-0.2, 0) is 13.0 Å². The normalized spacial score (nSPS) is 14.8. The SMILES string of the molecule is CCC(CO)NC(=O)Nc1ccc(N2CCc3sccc3C2)cc1. The minimum atomic E-state index is -0.287. The summed E-state index contributed by atoms with van der Waals surface area (Å²) in [6, 6.07) is 9.61. The smallest absolute Gasteiger partial charge is 0.319 e. The molecule has 1 aliphatic rings. The molecule has 3 N–H and O–H groups in total. The van der Waals surface area contributed by atoms with Gasteiger partial charge in [-0.3, -0.25) is 0 Å². The zero-order valence-electron chi connectivity index (χ0n) is 13.8. The van der Waals surface area contributed by atoms with Gasteiger partial charge in [0.15, 0.2) is 0 Å². The summed E-state index contributed by atoms with van der Waals surface area (Å²) in [7, 11) is 0. The number of carbonyl (C=O) groups excluding carboxylic acids is 1. The molecule has 2 amide bonds. The molecule has 1 aliphatic heterocycles. The van der Waals surface area contributed by atoms with Crippen molar-refractivity contribution in [2.75, 3.05) is 23.4 Å². The van der Waals surface area contributed by atoms with Crippen LogP contribution in [0.15, 0.2) is 35.7 Å². The van der Waals surface area contributed by atoms with Crippen LogP contribution in [0.3, 0.4) is 0 Å². The zero-order valence-corrected chi connectivity index (χ0v) is 14.6. The number of fused-ring (bicyclic) bond motifs is 1. The second-order valence-corrected chi connectivity index (χ2v) is 6.97. The number of nitrogens with zero attached hydrogens (tertiary/aromatic N) is 1. The largest absolute Gasteiger partial charge is 0.394 e. The number of rotatable bonds is 5. The third-order valence-electron chi connectivity index (χ3n) is 4.35. The summed E-state index contributed by atoms with van der Waals surface area (Å²) >= 11 is 1.84. The molecule has 1 atom stereocenters. The molecule has 2 heterocycles. The Balaban J connectivity index is 1.59. The van der Waals surface area contributed by atoms with E-state index in [4.69, 9.17) is 5.11 Å². The van der Waals surface area contributed by atoms with Gasteiger partial charge in [-0.25, -0.2) is 4.79 Å². The standard InChI is InChI=1S/C18H23N3O2S/c1-2-14(12-22)19-18(23)20-15-3-5-16(6-4-15)21-9-7-17-13(11-21)8-10-24-17/h3-6,8,10,14,22H,2,7,9,11-12H2,1H3,(H2,19,20,23). The number of hydrogen-bond donors (Lipinski definition) is 3. The summed E-state index contributed by atoms with van der Waals surface area (Å²) < 4.78 is 0. The van der Waals surface area contributed by atoms with Crippen LogP contribution in [0.5, 0.6) is 0 Å². The quantitative estimate of drug-likeness (QED) is 0.780. The van der Waals surface area contributed by atoms with Gasteiger partial charge in [0.25, 0.3) is 0 Å². The first-order valence-electron chi connectivity index (χ1n) is 8.28. The molecule has 5 nitrogen and oxygen atoms in total. The highest BCUT2D eigenvalue weighted by Gasteiger charge is 2.17. The maximum absolute atomic E-state index is 11.9. The molecule has 1 aromatic heterocycles. The Labute approximate surface area is 146 Å². The molecule has 2 aromatic rings. The van der Waals surface area contributed by atoms with Crippen molar-refractivity contribution in [1.82, 2.24) is 5.32 Å². The van der Waals surface area contributed by atoms with Gasteiger partial charge < -0.3 is 20.6 Å². The Morgan fingerprint density at radius 2 is 2.12 bits per heavy atom. The summed E-state index contributed by atoms with van der Waals surface area (Å²) in [6.07, 6.45) is 1.79. The number of benzene rings is 1. The molecule has 6 heteroatoms. The highest BCUT2D eigenvalue weighted by atomic mass is 32.1. The lowest BCUT2D eigenvalue weighted by Gasteiger charge is -2.29. The van der Waals surface area contributed by atoms with Crippen molar-refractivity contribution < 1.29 is 9.90 Å². The minimum Gasteiger partial charge on any atom is -0.394 e. The number of amides is 2. The number of hydrogen-bond acceptors (Lipinski definition) is 4. The van der Waals surface area contributed by atoms with Crippen molar-refractivity contribution in [3.63, 3.8) is 0 Å². The summed E-state index contributed by atoms with van der Waals surface area (Å²) in [5, 5.41) is 16.8. The molecule has 1 aromatic carbocycles. The molecule has 0 fully saturated rings. The second kappa shape index (κ2) is 7.68. The van der Waals surface area contributed by atoms with Crippen LogP contribution in [-0.4, -0.2) is 30.3 Å². The van der Waals surface area contributed by atoms with Crippen LogP contribution in [0.25, 0.3) is 0 Å². The average molecular weight is 345 g/mol.